The number of esters is 1. The van der Waals surface area contributed by atoms with E-state index in [-0.39, 0.29) is 48.6 Å². The second-order valence-corrected chi connectivity index (χ2v) is 10.5. The Bertz CT molecular complexity index is 1450. The largest absolute Gasteiger partial charge is 0.491 e. The number of ether oxygens (including phenoxy) is 2. The summed E-state index contributed by atoms with van der Waals surface area (Å²) < 4.78 is 30.4. The summed E-state index contributed by atoms with van der Waals surface area (Å²) in [5.41, 5.74) is 0.844. The lowest BCUT2D eigenvalue weighted by molar-refractivity contribution is -0.200. The van der Waals surface area contributed by atoms with Crippen LogP contribution in [0, 0.1) is 11.7 Å². The van der Waals surface area contributed by atoms with Crippen LogP contribution >= 0.6 is 0 Å². The van der Waals surface area contributed by atoms with Gasteiger partial charge in [-0.15, -0.1) is 0 Å². The van der Waals surface area contributed by atoms with Crippen molar-refractivity contribution in [2.75, 3.05) is 20.4 Å². The van der Waals surface area contributed by atoms with E-state index < -0.39 is 29.7 Å². The van der Waals surface area contributed by atoms with Crippen LogP contribution in [0.1, 0.15) is 79.4 Å². The van der Waals surface area contributed by atoms with Gasteiger partial charge in [0, 0.05) is 5.56 Å². The molecule has 1 heterocycles. The van der Waals surface area contributed by atoms with Crippen LogP contribution in [-0.2, 0) is 25.8 Å². The number of rotatable bonds is 19. The van der Waals surface area contributed by atoms with E-state index in [0.717, 1.165) is 31.9 Å². The summed E-state index contributed by atoms with van der Waals surface area (Å²) in [7, 11) is 1.14. The smallest absolute Gasteiger partial charge is 0.341 e. The molecule has 0 radical (unpaired) electrons. The van der Waals surface area contributed by atoms with Gasteiger partial charge in [-0.25, -0.2) is 14.2 Å². The highest BCUT2D eigenvalue weighted by molar-refractivity contribution is 5.93. The fourth-order valence-electron chi connectivity index (χ4n) is 4.99. The lowest BCUT2D eigenvalue weighted by Crippen LogP contribution is -2.48. The number of methoxy groups -OCH3 is 1. The number of nitrogens with zero attached hydrogens (tertiary/aromatic N) is 1. The molecule has 2 atom stereocenters. The van der Waals surface area contributed by atoms with Crippen molar-refractivity contribution < 1.29 is 42.3 Å². The summed E-state index contributed by atoms with van der Waals surface area (Å²) in [4.78, 5) is 56.2. The number of hydrogen-bond donors (Lipinski definition) is 2. The number of hydrogen-bond acceptors (Lipinski definition) is 8. The Balaban J connectivity index is 1.68. The molecular formula is C34H42FN3O8. The average molecular weight is 640 g/mol. The maximum absolute atomic E-state index is 14.7. The molecule has 3 rings (SSSR count). The Kier molecular flexibility index (Phi) is 14.2. The van der Waals surface area contributed by atoms with Crippen LogP contribution in [0.15, 0.2) is 59.0 Å². The van der Waals surface area contributed by atoms with Crippen molar-refractivity contribution in [2.24, 2.45) is 5.92 Å². The van der Waals surface area contributed by atoms with E-state index >= 15 is 0 Å². The first kappa shape index (κ1) is 35.8. The molecule has 0 aliphatic heterocycles. The fraction of sp³-hybridized carbons (Fsp3) is 0.412. The predicted molar refractivity (Wildman–Crippen MR) is 168 cm³/mol. The zero-order chi connectivity index (χ0) is 33.5. The Labute approximate surface area is 268 Å². The molecular weight excluding hydrogens is 597 g/mol. The molecule has 0 saturated carbocycles. The molecule has 0 spiro atoms. The van der Waals surface area contributed by atoms with E-state index in [4.69, 9.17) is 14.0 Å². The van der Waals surface area contributed by atoms with E-state index in [9.17, 15) is 23.6 Å². The second-order valence-electron chi connectivity index (χ2n) is 10.5. The minimum absolute atomic E-state index is 0.0708. The Morgan fingerprint density at radius 1 is 1.02 bits per heavy atom. The number of unbranched alkanes of at least 4 members (excludes halogenated alkanes) is 2. The van der Waals surface area contributed by atoms with Gasteiger partial charge in [-0.05, 0) is 49.6 Å². The van der Waals surface area contributed by atoms with Crippen molar-refractivity contribution in [1.82, 2.24) is 15.7 Å². The van der Waals surface area contributed by atoms with E-state index in [1.54, 1.807) is 6.92 Å². The van der Waals surface area contributed by atoms with Crippen LogP contribution in [0.25, 0.3) is 11.3 Å². The molecule has 46 heavy (non-hydrogen) atoms. The lowest BCUT2D eigenvalue weighted by atomic mass is 9.90. The highest BCUT2D eigenvalue weighted by atomic mass is 19.1. The molecule has 0 aliphatic carbocycles. The van der Waals surface area contributed by atoms with Crippen molar-refractivity contribution in [3.05, 3.63) is 77.3 Å². The molecule has 12 heteroatoms. The van der Waals surface area contributed by atoms with E-state index in [0.29, 0.717) is 24.8 Å². The number of amides is 3. The van der Waals surface area contributed by atoms with Crippen molar-refractivity contribution >= 4 is 24.2 Å². The molecule has 2 aromatic carbocycles. The number of carbonyl (C=O) groups is 4. The summed E-state index contributed by atoms with van der Waals surface area (Å²) >= 11 is 0. The van der Waals surface area contributed by atoms with Crippen LogP contribution in [0.2, 0.25) is 0 Å². The van der Waals surface area contributed by atoms with Crippen molar-refractivity contribution in [3.63, 3.8) is 0 Å². The maximum atomic E-state index is 14.7. The fourth-order valence-corrected chi connectivity index (χ4v) is 4.99. The predicted octanol–water partition coefficient (Wildman–Crippen LogP) is 5.64. The zero-order valence-electron chi connectivity index (χ0n) is 26.7. The third kappa shape index (κ3) is 9.64. The third-order valence-electron chi connectivity index (χ3n) is 7.36. The van der Waals surface area contributed by atoms with Gasteiger partial charge < -0.3 is 24.5 Å². The zero-order valence-corrected chi connectivity index (χ0v) is 26.7. The number of nitrogens with one attached hydrogen (secondary N) is 2. The first-order valence-electron chi connectivity index (χ1n) is 15.4. The van der Waals surface area contributed by atoms with Crippen LogP contribution < -0.4 is 15.4 Å². The number of benzene rings is 2. The molecule has 2 N–H and O–H groups in total. The van der Waals surface area contributed by atoms with Gasteiger partial charge >= 0.3 is 5.97 Å². The normalized spacial score (nSPS) is 12.1. The molecule has 0 aliphatic rings. The van der Waals surface area contributed by atoms with Crippen LogP contribution in [0.5, 0.6) is 5.75 Å². The molecule has 0 saturated heterocycles. The van der Waals surface area contributed by atoms with Gasteiger partial charge in [0.25, 0.3) is 5.91 Å². The molecule has 1 unspecified atom stereocenters. The number of halogens is 1. The van der Waals surface area contributed by atoms with Gasteiger partial charge in [0.1, 0.15) is 12.4 Å². The van der Waals surface area contributed by atoms with Crippen LogP contribution in [0.3, 0.4) is 0 Å². The number of carbonyl (C=O) groups excluding carboxylic acids is 4. The Morgan fingerprint density at radius 2 is 1.78 bits per heavy atom. The van der Waals surface area contributed by atoms with Crippen molar-refractivity contribution in [2.45, 2.75) is 65.5 Å². The van der Waals surface area contributed by atoms with Crippen LogP contribution in [0.4, 0.5) is 4.39 Å². The van der Waals surface area contributed by atoms with Gasteiger partial charge in [-0.3, -0.25) is 19.2 Å². The minimum Gasteiger partial charge on any atom is -0.491 e. The number of furan rings is 1. The molecule has 3 aromatic rings. The molecule has 1 aromatic heterocycles. The van der Waals surface area contributed by atoms with Gasteiger partial charge in [0.15, 0.2) is 17.3 Å². The monoisotopic (exact) mass is 639 g/mol. The summed E-state index contributed by atoms with van der Waals surface area (Å²) in [6.07, 6.45) is 4.27. The molecule has 0 fully saturated rings. The van der Waals surface area contributed by atoms with Crippen molar-refractivity contribution in [3.8, 4) is 17.1 Å². The summed E-state index contributed by atoms with van der Waals surface area (Å²) in [6.45, 7) is 5.76. The summed E-state index contributed by atoms with van der Waals surface area (Å²) in [6, 6.07) is 14.4. The summed E-state index contributed by atoms with van der Waals surface area (Å²) in [5.74, 6) is -3.32. The first-order valence-corrected chi connectivity index (χ1v) is 15.4. The SMILES string of the molecule is CCCCCC(C(=O)NCNC(=O)c1ccc(-c2cc(OCC)c(F)c(C(=O)OC)c2)o1)[C@@H](CC)N(C=O)OCc1ccccc1. The van der Waals surface area contributed by atoms with Crippen molar-refractivity contribution in [1.29, 1.82) is 0 Å². The highest BCUT2D eigenvalue weighted by Gasteiger charge is 2.32. The first-order chi connectivity index (χ1) is 22.3. The third-order valence-corrected chi connectivity index (χ3v) is 7.36. The molecule has 3 amide bonds. The Hall–Kier alpha value is -4.71. The standard InChI is InChI=1S/C34H42FN3O8/c1-5-8-10-15-25(27(6-2)38(22-39)45-20-23-13-11-9-12-14-23)32(40)36-21-37-33(41)29-17-16-28(46-29)24-18-26(34(42)43-4)31(35)30(19-24)44-7-3/h9,11-14,16-19,22,25,27H,5-8,10,15,20-21H2,1-4H3,(H,36,40)(H,37,41)/t25?,27-/m1/s1. The lowest BCUT2D eigenvalue weighted by Gasteiger charge is -2.32. The van der Waals surface area contributed by atoms with Crippen LogP contribution in [-0.4, -0.2) is 55.7 Å². The van der Waals surface area contributed by atoms with E-state index in [1.807, 2.05) is 37.3 Å². The van der Waals surface area contributed by atoms with Gasteiger partial charge in [-0.2, -0.15) is 0 Å². The Morgan fingerprint density at radius 3 is 2.43 bits per heavy atom. The topological polar surface area (TPSA) is 136 Å². The van der Waals surface area contributed by atoms with Gasteiger partial charge in [0.2, 0.25) is 12.3 Å². The van der Waals surface area contributed by atoms with Gasteiger partial charge in [0.05, 0.1) is 37.9 Å². The second kappa shape index (κ2) is 18.3. The van der Waals surface area contributed by atoms with E-state index in [2.05, 4.69) is 22.3 Å². The quantitative estimate of drug-likeness (QED) is 0.0566. The number of hydroxylamine groups is 2. The van der Waals surface area contributed by atoms with E-state index in [1.165, 1.54) is 29.3 Å². The summed E-state index contributed by atoms with van der Waals surface area (Å²) in [5, 5.41) is 6.57. The molecule has 11 nitrogen and oxygen atoms in total. The molecule has 0 bridgehead atoms. The molecule has 248 valence electrons. The van der Waals surface area contributed by atoms with Gasteiger partial charge in [-0.1, -0.05) is 63.4 Å². The minimum atomic E-state index is -0.891. The average Bonchev–Trinajstić information content (AvgIpc) is 3.57. The maximum Gasteiger partial charge on any atom is 0.341 e. The highest BCUT2D eigenvalue weighted by Crippen LogP contribution is 2.31.